The largest absolute Gasteiger partial charge is 0.481 e. The van der Waals surface area contributed by atoms with Crippen LogP contribution in [0.5, 0.6) is 0 Å². The van der Waals surface area contributed by atoms with Gasteiger partial charge in [-0.15, -0.1) is 0 Å². The van der Waals surface area contributed by atoms with Crippen LogP contribution in [0.3, 0.4) is 0 Å². The van der Waals surface area contributed by atoms with Gasteiger partial charge in [0.2, 0.25) is 5.91 Å². The van der Waals surface area contributed by atoms with Gasteiger partial charge in [-0.25, -0.2) is 8.42 Å². The maximum absolute atomic E-state index is 11.3. The Hall–Kier alpha value is -1.15. The van der Waals surface area contributed by atoms with E-state index in [1.165, 1.54) is 6.92 Å². The highest BCUT2D eigenvalue weighted by molar-refractivity contribution is 7.91. The van der Waals surface area contributed by atoms with Crippen molar-refractivity contribution in [2.24, 2.45) is 0 Å². The van der Waals surface area contributed by atoms with Crippen LogP contribution in [0.25, 0.3) is 0 Å². The Morgan fingerprint density at radius 1 is 1.35 bits per heavy atom. The first-order valence-electron chi connectivity index (χ1n) is 5.10. The number of hydrogen-bond acceptors (Lipinski definition) is 5. The van der Waals surface area contributed by atoms with Gasteiger partial charge in [-0.05, 0) is 0 Å². The second-order valence-electron chi connectivity index (χ2n) is 4.07. The number of carbonyl (C=O) groups excluding carboxylic acids is 1. The van der Waals surface area contributed by atoms with Crippen molar-refractivity contribution in [3.05, 3.63) is 0 Å². The molecule has 1 aliphatic heterocycles. The second-order valence-corrected chi connectivity index (χ2v) is 6.22. The Morgan fingerprint density at radius 3 is 2.29 bits per heavy atom. The molecule has 8 heteroatoms. The van der Waals surface area contributed by atoms with E-state index in [2.05, 4.69) is 0 Å². The molecule has 2 N–H and O–H groups in total. The van der Waals surface area contributed by atoms with Crippen molar-refractivity contribution in [2.45, 2.75) is 25.5 Å². The molecular weight excluding hydrogens is 250 g/mol. The molecule has 98 valence electrons. The highest BCUT2D eigenvalue weighted by Gasteiger charge is 2.40. The summed E-state index contributed by atoms with van der Waals surface area (Å²) < 4.78 is 22.6. The van der Waals surface area contributed by atoms with E-state index in [9.17, 15) is 23.1 Å². The number of hydrogen-bond donors (Lipinski definition) is 2. The van der Waals surface area contributed by atoms with E-state index in [-0.39, 0.29) is 24.5 Å². The number of aliphatic hydroxyl groups is 1. The minimum atomic E-state index is -3.35. The smallest absolute Gasteiger partial charge is 0.305 e. The lowest BCUT2D eigenvalue weighted by molar-refractivity contribution is -0.139. The summed E-state index contributed by atoms with van der Waals surface area (Å²) in [5.41, 5.74) is 0. The summed E-state index contributed by atoms with van der Waals surface area (Å²) in [6.45, 7) is 1.13. The van der Waals surface area contributed by atoms with Gasteiger partial charge in [-0.2, -0.15) is 0 Å². The number of carboxylic acid groups (broad SMARTS) is 1. The Bertz CT molecular complexity index is 417. The standard InChI is InChI=1S/C9H15NO6S/c1-6(11)10(3-2-9(13)14)7-4-17(15,16)5-8(7)12/h7-8,12H,2-5H2,1H3,(H,13,14). The fourth-order valence-electron chi connectivity index (χ4n) is 1.88. The van der Waals surface area contributed by atoms with Gasteiger partial charge in [0, 0.05) is 13.5 Å². The van der Waals surface area contributed by atoms with Crippen molar-refractivity contribution >= 4 is 21.7 Å². The minimum Gasteiger partial charge on any atom is -0.481 e. The molecule has 0 aromatic rings. The molecule has 2 unspecified atom stereocenters. The van der Waals surface area contributed by atoms with Crippen LogP contribution in [0.15, 0.2) is 0 Å². The summed E-state index contributed by atoms with van der Waals surface area (Å²) in [6, 6.07) is -0.836. The van der Waals surface area contributed by atoms with Crippen LogP contribution in [-0.2, 0) is 19.4 Å². The molecule has 7 nitrogen and oxygen atoms in total. The van der Waals surface area contributed by atoms with Gasteiger partial charge >= 0.3 is 5.97 Å². The zero-order chi connectivity index (χ0) is 13.2. The molecule has 1 aliphatic rings. The van der Waals surface area contributed by atoms with Gasteiger partial charge in [-0.1, -0.05) is 0 Å². The molecule has 0 radical (unpaired) electrons. The molecule has 1 rings (SSSR count). The number of amides is 1. The van der Waals surface area contributed by atoms with Gasteiger partial charge in [0.25, 0.3) is 0 Å². The van der Waals surface area contributed by atoms with E-state index in [1.54, 1.807) is 0 Å². The first-order chi connectivity index (χ1) is 7.73. The lowest BCUT2D eigenvalue weighted by atomic mass is 10.1. The zero-order valence-corrected chi connectivity index (χ0v) is 10.2. The number of rotatable bonds is 4. The monoisotopic (exact) mass is 265 g/mol. The summed E-state index contributed by atoms with van der Waals surface area (Å²) in [5, 5.41) is 18.1. The van der Waals surface area contributed by atoms with Crippen LogP contribution >= 0.6 is 0 Å². The number of nitrogens with zero attached hydrogens (tertiary/aromatic N) is 1. The predicted octanol–water partition coefficient (Wildman–Crippen LogP) is -1.53. The third kappa shape index (κ3) is 3.67. The average Bonchev–Trinajstić information content (AvgIpc) is 2.39. The molecule has 0 aromatic carbocycles. The molecule has 0 bridgehead atoms. The maximum atomic E-state index is 11.3. The number of aliphatic hydroxyl groups excluding tert-OH is 1. The zero-order valence-electron chi connectivity index (χ0n) is 9.37. The molecule has 1 fully saturated rings. The van der Waals surface area contributed by atoms with Gasteiger partial charge < -0.3 is 15.1 Å². The van der Waals surface area contributed by atoms with E-state index in [0.717, 1.165) is 4.90 Å². The summed E-state index contributed by atoms with van der Waals surface area (Å²) in [5.74, 6) is -2.21. The molecule has 0 spiro atoms. The first kappa shape index (κ1) is 13.9. The minimum absolute atomic E-state index is 0.0953. The third-order valence-electron chi connectivity index (χ3n) is 2.66. The molecule has 17 heavy (non-hydrogen) atoms. The van der Waals surface area contributed by atoms with Crippen molar-refractivity contribution in [2.75, 3.05) is 18.1 Å². The van der Waals surface area contributed by atoms with E-state index >= 15 is 0 Å². The van der Waals surface area contributed by atoms with Crippen LogP contribution in [0, 0.1) is 0 Å². The Labute approximate surface area is 98.9 Å². The van der Waals surface area contributed by atoms with Crippen LogP contribution in [-0.4, -0.2) is 65.6 Å². The molecule has 1 heterocycles. The summed E-state index contributed by atoms with van der Waals surface area (Å²) in [6.07, 6.45) is -1.42. The fraction of sp³-hybridized carbons (Fsp3) is 0.778. The SMILES string of the molecule is CC(=O)N(CCC(=O)O)C1CS(=O)(=O)CC1O. The van der Waals surface area contributed by atoms with E-state index in [1.807, 2.05) is 0 Å². The quantitative estimate of drug-likeness (QED) is 0.637. The first-order valence-corrected chi connectivity index (χ1v) is 6.92. The second kappa shape index (κ2) is 5.01. The predicted molar refractivity (Wildman–Crippen MR) is 58.1 cm³/mol. The molecular formula is C9H15NO6S. The molecule has 1 saturated heterocycles. The summed E-state index contributed by atoms with van der Waals surface area (Å²) in [4.78, 5) is 22.9. The molecule has 0 aliphatic carbocycles. The van der Waals surface area contributed by atoms with Gasteiger partial charge in [0.15, 0.2) is 9.84 Å². The van der Waals surface area contributed by atoms with Crippen LogP contribution < -0.4 is 0 Å². The van der Waals surface area contributed by atoms with Gasteiger partial charge in [-0.3, -0.25) is 9.59 Å². The van der Waals surface area contributed by atoms with E-state index < -0.39 is 33.9 Å². The van der Waals surface area contributed by atoms with Crippen LogP contribution in [0.2, 0.25) is 0 Å². The Morgan fingerprint density at radius 2 is 1.94 bits per heavy atom. The molecule has 1 amide bonds. The van der Waals surface area contributed by atoms with Crippen molar-refractivity contribution in [1.29, 1.82) is 0 Å². The lowest BCUT2D eigenvalue weighted by Crippen LogP contribution is -2.46. The van der Waals surface area contributed by atoms with Crippen molar-refractivity contribution in [1.82, 2.24) is 4.90 Å². The van der Waals surface area contributed by atoms with Crippen molar-refractivity contribution < 1.29 is 28.2 Å². The van der Waals surface area contributed by atoms with Crippen LogP contribution in [0.4, 0.5) is 0 Å². The lowest BCUT2D eigenvalue weighted by Gasteiger charge is -2.28. The summed E-state index contributed by atoms with van der Waals surface area (Å²) in [7, 11) is -3.35. The average molecular weight is 265 g/mol. The van der Waals surface area contributed by atoms with Gasteiger partial charge in [0.05, 0.1) is 30.1 Å². The van der Waals surface area contributed by atoms with Crippen molar-refractivity contribution in [3.63, 3.8) is 0 Å². The van der Waals surface area contributed by atoms with Gasteiger partial charge in [0.1, 0.15) is 0 Å². The normalized spacial score (nSPS) is 26.7. The number of sulfone groups is 1. The van der Waals surface area contributed by atoms with E-state index in [0.29, 0.717) is 0 Å². The maximum Gasteiger partial charge on any atom is 0.305 e. The molecule has 0 saturated carbocycles. The number of aliphatic carboxylic acids is 1. The number of carboxylic acids is 1. The third-order valence-corrected chi connectivity index (χ3v) is 4.36. The molecule has 2 atom stereocenters. The highest BCUT2D eigenvalue weighted by atomic mass is 32.2. The van der Waals surface area contributed by atoms with E-state index in [4.69, 9.17) is 5.11 Å². The molecule has 0 aromatic heterocycles. The Balaban J connectivity index is 2.78. The van der Waals surface area contributed by atoms with Crippen molar-refractivity contribution in [3.8, 4) is 0 Å². The Kier molecular flexibility index (Phi) is 4.10. The highest BCUT2D eigenvalue weighted by Crippen LogP contribution is 2.19. The number of carbonyl (C=O) groups is 2. The fourth-order valence-corrected chi connectivity index (χ4v) is 3.68. The van der Waals surface area contributed by atoms with Crippen LogP contribution in [0.1, 0.15) is 13.3 Å². The summed E-state index contributed by atoms with van der Waals surface area (Å²) >= 11 is 0. The topological polar surface area (TPSA) is 112 Å².